The van der Waals surface area contributed by atoms with Gasteiger partial charge in [0.2, 0.25) is 0 Å². The zero-order valence-electron chi connectivity index (χ0n) is 15.9. The Balaban J connectivity index is 1.56. The van der Waals surface area contributed by atoms with Crippen molar-refractivity contribution in [3.63, 3.8) is 0 Å². The van der Waals surface area contributed by atoms with Gasteiger partial charge >= 0.3 is 0 Å². The van der Waals surface area contributed by atoms with Gasteiger partial charge in [0.05, 0.1) is 35.1 Å². The van der Waals surface area contributed by atoms with Gasteiger partial charge in [0, 0.05) is 18.0 Å². The summed E-state index contributed by atoms with van der Waals surface area (Å²) >= 11 is 6.24. The largest absolute Gasteiger partial charge is 0.328 e. The van der Waals surface area contributed by atoms with Crippen molar-refractivity contribution in [3.8, 4) is 11.5 Å². The van der Waals surface area contributed by atoms with Gasteiger partial charge in [-0.1, -0.05) is 35.9 Å². The topological polar surface area (TPSA) is 43.1 Å². The lowest BCUT2D eigenvalue weighted by atomic mass is 10.2. The fraction of sp³-hybridized carbons (Fsp3) is 0.130. The highest BCUT2D eigenvalue weighted by Crippen LogP contribution is 2.32. The Morgan fingerprint density at radius 1 is 1.00 bits per heavy atom. The van der Waals surface area contributed by atoms with E-state index in [9.17, 15) is 4.79 Å². The number of carbonyl (C=O) groups is 1. The molecule has 0 saturated carbocycles. The van der Waals surface area contributed by atoms with Crippen LogP contribution in [0, 0.1) is 6.92 Å². The molecule has 6 heteroatoms. The molecule has 5 rings (SSSR count). The lowest BCUT2D eigenvalue weighted by Crippen LogP contribution is -2.26. The molecule has 2 aromatic carbocycles. The second-order valence-corrected chi connectivity index (χ2v) is 7.64. The molecule has 2 aromatic heterocycles. The van der Waals surface area contributed by atoms with Gasteiger partial charge in [-0.15, -0.1) is 0 Å². The first-order valence-electron chi connectivity index (χ1n) is 9.47. The minimum absolute atomic E-state index is 0.0749. The summed E-state index contributed by atoms with van der Waals surface area (Å²) in [5, 5.41) is 5.35. The fourth-order valence-corrected chi connectivity index (χ4v) is 4.05. The highest BCUT2D eigenvalue weighted by molar-refractivity contribution is 6.33. The van der Waals surface area contributed by atoms with Gasteiger partial charge in [-0.05, 0) is 48.9 Å². The third kappa shape index (κ3) is 3.04. The minimum atomic E-state index is -0.0749. The van der Waals surface area contributed by atoms with E-state index >= 15 is 0 Å². The standard InChI is InChI=1S/C23H19ClN4O/c1-16-7-6-8-17(13-16)28-22(26-11-4-5-12-26)19-14-27(15-21(19)25-28)23(29)18-9-2-3-10-20(18)24/h2-13H,14-15H2,1H3. The average molecular weight is 403 g/mol. The molecule has 0 aliphatic carbocycles. The van der Waals surface area contributed by atoms with E-state index in [1.54, 1.807) is 17.0 Å². The molecule has 0 radical (unpaired) electrons. The maximum Gasteiger partial charge on any atom is 0.256 e. The van der Waals surface area contributed by atoms with Crippen LogP contribution >= 0.6 is 11.6 Å². The van der Waals surface area contributed by atoms with E-state index < -0.39 is 0 Å². The number of aromatic nitrogens is 3. The summed E-state index contributed by atoms with van der Waals surface area (Å²) in [6.45, 7) is 3.03. The van der Waals surface area contributed by atoms with Gasteiger partial charge in [-0.3, -0.25) is 4.79 Å². The molecule has 0 N–H and O–H groups in total. The third-order valence-electron chi connectivity index (χ3n) is 5.22. The predicted octanol–water partition coefficient (Wildman–Crippen LogP) is 4.78. The molecule has 0 bridgehead atoms. The number of fused-ring (bicyclic) bond motifs is 1. The van der Waals surface area contributed by atoms with Gasteiger partial charge in [0.15, 0.2) is 0 Å². The Morgan fingerprint density at radius 3 is 2.55 bits per heavy atom. The lowest BCUT2D eigenvalue weighted by Gasteiger charge is -2.18. The number of carbonyl (C=O) groups excluding carboxylic acids is 1. The van der Waals surface area contributed by atoms with Gasteiger partial charge in [0.25, 0.3) is 5.91 Å². The zero-order valence-corrected chi connectivity index (χ0v) is 16.7. The van der Waals surface area contributed by atoms with Crippen LogP contribution in [0.2, 0.25) is 5.02 Å². The van der Waals surface area contributed by atoms with Crippen molar-refractivity contribution in [1.82, 2.24) is 19.2 Å². The smallest absolute Gasteiger partial charge is 0.256 e. The molecule has 0 spiro atoms. The average Bonchev–Trinajstić information content (AvgIpc) is 3.43. The molecule has 29 heavy (non-hydrogen) atoms. The van der Waals surface area contributed by atoms with Gasteiger partial charge in [-0.25, -0.2) is 4.68 Å². The van der Waals surface area contributed by atoms with Crippen LogP contribution in [0.3, 0.4) is 0 Å². The molecule has 1 aliphatic heterocycles. The molecule has 4 aromatic rings. The van der Waals surface area contributed by atoms with E-state index in [-0.39, 0.29) is 5.91 Å². The van der Waals surface area contributed by atoms with Crippen LogP contribution in [0.4, 0.5) is 0 Å². The van der Waals surface area contributed by atoms with Crippen LogP contribution in [0.5, 0.6) is 0 Å². The highest BCUT2D eigenvalue weighted by Gasteiger charge is 2.32. The zero-order chi connectivity index (χ0) is 20.0. The second-order valence-electron chi connectivity index (χ2n) is 7.23. The molecule has 0 fully saturated rings. The normalized spacial score (nSPS) is 13.0. The summed E-state index contributed by atoms with van der Waals surface area (Å²) in [6, 6.07) is 19.4. The number of benzene rings is 2. The number of amides is 1. The van der Waals surface area contributed by atoms with Gasteiger partial charge < -0.3 is 9.47 Å². The number of aryl methyl sites for hydroxylation is 1. The molecular formula is C23H19ClN4O. The fourth-order valence-electron chi connectivity index (χ4n) is 3.83. The van der Waals surface area contributed by atoms with Gasteiger partial charge in [0.1, 0.15) is 5.82 Å². The summed E-state index contributed by atoms with van der Waals surface area (Å²) < 4.78 is 4.02. The van der Waals surface area contributed by atoms with Crippen molar-refractivity contribution in [1.29, 1.82) is 0 Å². The summed E-state index contributed by atoms with van der Waals surface area (Å²) in [5.41, 5.74) is 4.67. The summed E-state index contributed by atoms with van der Waals surface area (Å²) in [7, 11) is 0. The number of halogens is 1. The van der Waals surface area contributed by atoms with Crippen molar-refractivity contribution < 1.29 is 4.79 Å². The quantitative estimate of drug-likeness (QED) is 0.495. The van der Waals surface area contributed by atoms with Crippen molar-refractivity contribution >= 4 is 17.5 Å². The molecule has 0 unspecified atom stereocenters. The maximum atomic E-state index is 13.0. The van der Waals surface area contributed by atoms with E-state index in [0.29, 0.717) is 23.7 Å². The van der Waals surface area contributed by atoms with E-state index in [2.05, 4.69) is 29.7 Å². The Morgan fingerprint density at radius 2 is 1.79 bits per heavy atom. The van der Waals surface area contributed by atoms with E-state index in [4.69, 9.17) is 16.7 Å². The van der Waals surface area contributed by atoms with E-state index in [1.165, 1.54) is 5.56 Å². The molecule has 0 saturated heterocycles. The van der Waals surface area contributed by atoms with Crippen LogP contribution in [0.25, 0.3) is 11.5 Å². The number of hydrogen-bond acceptors (Lipinski definition) is 2. The number of hydrogen-bond donors (Lipinski definition) is 0. The lowest BCUT2D eigenvalue weighted by molar-refractivity contribution is 0.0749. The molecular weight excluding hydrogens is 384 g/mol. The summed E-state index contributed by atoms with van der Waals surface area (Å²) in [5.74, 6) is 0.888. The minimum Gasteiger partial charge on any atom is -0.328 e. The Kier molecular flexibility index (Phi) is 4.25. The van der Waals surface area contributed by atoms with Crippen LogP contribution in [-0.4, -0.2) is 25.2 Å². The first kappa shape index (κ1) is 17.8. The van der Waals surface area contributed by atoms with E-state index in [1.807, 2.05) is 47.4 Å². The highest BCUT2D eigenvalue weighted by atomic mass is 35.5. The van der Waals surface area contributed by atoms with Crippen LogP contribution < -0.4 is 0 Å². The van der Waals surface area contributed by atoms with Gasteiger partial charge in [-0.2, -0.15) is 5.10 Å². The maximum absolute atomic E-state index is 13.0. The Hall–Kier alpha value is -3.31. The van der Waals surface area contributed by atoms with Crippen LogP contribution in [-0.2, 0) is 13.1 Å². The Labute approximate surface area is 173 Å². The summed E-state index contributed by atoms with van der Waals surface area (Å²) in [6.07, 6.45) is 4.00. The van der Waals surface area contributed by atoms with Crippen molar-refractivity contribution in [2.45, 2.75) is 20.0 Å². The summed E-state index contributed by atoms with van der Waals surface area (Å²) in [4.78, 5) is 14.8. The molecule has 144 valence electrons. The van der Waals surface area contributed by atoms with Crippen molar-refractivity contribution in [2.75, 3.05) is 0 Å². The molecule has 5 nitrogen and oxygen atoms in total. The van der Waals surface area contributed by atoms with E-state index in [0.717, 1.165) is 22.8 Å². The molecule has 3 heterocycles. The van der Waals surface area contributed by atoms with Crippen molar-refractivity contribution in [3.05, 3.63) is 100 Å². The number of rotatable bonds is 3. The predicted molar refractivity (Wildman–Crippen MR) is 113 cm³/mol. The molecule has 1 amide bonds. The molecule has 0 atom stereocenters. The third-order valence-corrected chi connectivity index (χ3v) is 5.55. The van der Waals surface area contributed by atoms with Crippen molar-refractivity contribution in [2.24, 2.45) is 0 Å². The monoisotopic (exact) mass is 402 g/mol. The SMILES string of the molecule is Cc1cccc(-n2nc3c(c2-n2cccc2)CN(C(=O)c2ccccc2Cl)C3)c1. The van der Waals surface area contributed by atoms with Crippen LogP contribution in [0.15, 0.2) is 73.1 Å². The first-order chi connectivity index (χ1) is 14.1. The number of nitrogens with zero attached hydrogens (tertiary/aromatic N) is 4. The van der Waals surface area contributed by atoms with Crippen LogP contribution in [0.1, 0.15) is 27.2 Å². The second kappa shape index (κ2) is 6.94. The molecule has 1 aliphatic rings. The first-order valence-corrected chi connectivity index (χ1v) is 9.84. The Bertz CT molecular complexity index is 1210.